The van der Waals surface area contributed by atoms with Crippen molar-refractivity contribution in [2.75, 3.05) is 13.1 Å². The summed E-state index contributed by atoms with van der Waals surface area (Å²) < 4.78 is 0. The van der Waals surface area contributed by atoms with Crippen molar-refractivity contribution in [2.24, 2.45) is 5.92 Å². The molecule has 1 saturated heterocycles. The maximum atomic E-state index is 10.8. The summed E-state index contributed by atoms with van der Waals surface area (Å²) >= 11 is 1.84. The van der Waals surface area contributed by atoms with Gasteiger partial charge in [-0.05, 0) is 31.5 Å². The lowest BCUT2D eigenvalue weighted by molar-refractivity contribution is -0.141. The standard InChI is InChI=1S/C12H17NO2S/c1-2-10-3-4-11(16-10)8-13-6-5-9(7-13)12(14)15/h3-4,9H,2,5-8H2,1H3,(H,14,15). The van der Waals surface area contributed by atoms with Gasteiger partial charge in [-0.3, -0.25) is 9.69 Å². The summed E-state index contributed by atoms with van der Waals surface area (Å²) in [7, 11) is 0. The van der Waals surface area contributed by atoms with Crippen LogP contribution in [0.4, 0.5) is 0 Å². The monoisotopic (exact) mass is 239 g/mol. The highest BCUT2D eigenvalue weighted by Crippen LogP contribution is 2.23. The molecule has 1 aliphatic heterocycles. The van der Waals surface area contributed by atoms with E-state index in [1.807, 2.05) is 11.3 Å². The lowest BCUT2D eigenvalue weighted by atomic mass is 10.1. The molecule has 88 valence electrons. The van der Waals surface area contributed by atoms with E-state index in [4.69, 9.17) is 5.11 Å². The molecule has 1 fully saturated rings. The molecule has 1 aromatic heterocycles. The summed E-state index contributed by atoms with van der Waals surface area (Å²) in [6.45, 7) is 4.69. The van der Waals surface area contributed by atoms with Crippen LogP contribution in [-0.4, -0.2) is 29.1 Å². The van der Waals surface area contributed by atoms with Crippen LogP contribution in [0.1, 0.15) is 23.1 Å². The first-order chi connectivity index (χ1) is 7.69. The Kier molecular flexibility index (Phi) is 3.61. The highest BCUT2D eigenvalue weighted by atomic mass is 32.1. The van der Waals surface area contributed by atoms with E-state index in [-0.39, 0.29) is 5.92 Å². The largest absolute Gasteiger partial charge is 0.481 e. The maximum absolute atomic E-state index is 10.8. The third kappa shape index (κ3) is 2.62. The number of thiophene rings is 1. The Bertz CT molecular complexity index is 375. The molecule has 0 spiro atoms. The molecule has 1 atom stereocenters. The number of hydrogen-bond acceptors (Lipinski definition) is 3. The van der Waals surface area contributed by atoms with E-state index in [0.29, 0.717) is 6.54 Å². The normalized spacial score (nSPS) is 21.4. The average Bonchev–Trinajstić information content (AvgIpc) is 2.87. The van der Waals surface area contributed by atoms with Crippen LogP contribution >= 0.6 is 11.3 Å². The molecular formula is C12H17NO2S. The summed E-state index contributed by atoms with van der Waals surface area (Å²) in [4.78, 5) is 15.8. The quantitative estimate of drug-likeness (QED) is 0.876. The van der Waals surface area contributed by atoms with Crippen molar-refractivity contribution in [3.8, 4) is 0 Å². The molecule has 0 radical (unpaired) electrons. The Morgan fingerprint density at radius 3 is 2.88 bits per heavy atom. The molecule has 0 aromatic carbocycles. The summed E-state index contributed by atoms with van der Waals surface area (Å²) in [5.41, 5.74) is 0. The van der Waals surface area contributed by atoms with Crippen LogP contribution in [0.15, 0.2) is 12.1 Å². The van der Waals surface area contributed by atoms with Crippen molar-refractivity contribution in [2.45, 2.75) is 26.3 Å². The fourth-order valence-electron chi connectivity index (χ4n) is 2.10. The van der Waals surface area contributed by atoms with Crippen molar-refractivity contribution in [1.29, 1.82) is 0 Å². The Hall–Kier alpha value is -0.870. The van der Waals surface area contributed by atoms with Crippen LogP contribution in [0, 0.1) is 5.92 Å². The number of rotatable bonds is 4. The van der Waals surface area contributed by atoms with Crippen molar-refractivity contribution in [3.05, 3.63) is 21.9 Å². The van der Waals surface area contributed by atoms with Crippen molar-refractivity contribution < 1.29 is 9.90 Å². The van der Waals surface area contributed by atoms with E-state index >= 15 is 0 Å². The Morgan fingerprint density at radius 1 is 1.56 bits per heavy atom. The van der Waals surface area contributed by atoms with Crippen LogP contribution in [0.25, 0.3) is 0 Å². The maximum Gasteiger partial charge on any atom is 0.307 e. The van der Waals surface area contributed by atoms with Gasteiger partial charge in [0, 0.05) is 22.8 Å². The minimum absolute atomic E-state index is 0.161. The fraction of sp³-hybridized carbons (Fsp3) is 0.583. The minimum Gasteiger partial charge on any atom is -0.481 e. The molecule has 0 amide bonds. The Labute approximate surface area is 99.7 Å². The molecule has 0 saturated carbocycles. The fourth-order valence-corrected chi connectivity index (χ4v) is 3.10. The van der Waals surface area contributed by atoms with Crippen LogP contribution in [-0.2, 0) is 17.8 Å². The molecule has 0 aliphatic carbocycles. The zero-order valence-electron chi connectivity index (χ0n) is 9.48. The summed E-state index contributed by atoms with van der Waals surface area (Å²) in [5, 5.41) is 8.92. The highest BCUT2D eigenvalue weighted by molar-refractivity contribution is 7.11. The zero-order valence-corrected chi connectivity index (χ0v) is 10.3. The number of aryl methyl sites for hydroxylation is 1. The molecule has 4 heteroatoms. The van der Waals surface area contributed by atoms with Crippen LogP contribution < -0.4 is 0 Å². The topological polar surface area (TPSA) is 40.5 Å². The van der Waals surface area contributed by atoms with Crippen molar-refractivity contribution in [1.82, 2.24) is 4.90 Å². The van der Waals surface area contributed by atoms with Gasteiger partial charge >= 0.3 is 5.97 Å². The van der Waals surface area contributed by atoms with Gasteiger partial charge in [-0.1, -0.05) is 6.92 Å². The van der Waals surface area contributed by atoms with Gasteiger partial charge in [0.05, 0.1) is 5.92 Å². The molecule has 16 heavy (non-hydrogen) atoms. The summed E-state index contributed by atoms with van der Waals surface area (Å²) in [6.07, 6.45) is 1.88. The first kappa shape index (κ1) is 11.6. The van der Waals surface area contributed by atoms with E-state index in [9.17, 15) is 4.79 Å². The molecule has 1 aliphatic rings. The molecule has 3 nitrogen and oxygen atoms in total. The van der Waals surface area contributed by atoms with E-state index in [2.05, 4.69) is 24.0 Å². The predicted octanol–water partition coefficient (Wildman–Crippen LogP) is 2.22. The molecule has 1 aromatic rings. The van der Waals surface area contributed by atoms with E-state index in [1.54, 1.807) is 0 Å². The Morgan fingerprint density at radius 2 is 2.31 bits per heavy atom. The lowest BCUT2D eigenvalue weighted by Gasteiger charge is -2.13. The Balaban J connectivity index is 1.89. The summed E-state index contributed by atoms with van der Waals surface area (Å²) in [6, 6.07) is 4.34. The van der Waals surface area contributed by atoms with Crippen LogP contribution in [0.3, 0.4) is 0 Å². The average molecular weight is 239 g/mol. The minimum atomic E-state index is -0.650. The van der Waals surface area contributed by atoms with Gasteiger partial charge in [0.1, 0.15) is 0 Å². The first-order valence-corrected chi connectivity index (χ1v) is 6.53. The van der Waals surface area contributed by atoms with Crippen LogP contribution in [0.5, 0.6) is 0 Å². The third-order valence-corrected chi connectivity index (χ3v) is 4.28. The second kappa shape index (κ2) is 4.97. The smallest absolute Gasteiger partial charge is 0.307 e. The van der Waals surface area contributed by atoms with Gasteiger partial charge in [0.15, 0.2) is 0 Å². The van der Waals surface area contributed by atoms with Gasteiger partial charge in [-0.2, -0.15) is 0 Å². The van der Waals surface area contributed by atoms with Crippen molar-refractivity contribution in [3.63, 3.8) is 0 Å². The van der Waals surface area contributed by atoms with E-state index < -0.39 is 5.97 Å². The number of likely N-dealkylation sites (tertiary alicyclic amines) is 1. The van der Waals surface area contributed by atoms with E-state index in [1.165, 1.54) is 9.75 Å². The number of carboxylic acids is 1. The summed E-state index contributed by atoms with van der Waals surface area (Å²) in [5.74, 6) is -0.812. The zero-order chi connectivity index (χ0) is 11.5. The van der Waals surface area contributed by atoms with Gasteiger partial charge < -0.3 is 5.11 Å². The second-order valence-electron chi connectivity index (χ2n) is 4.28. The number of aliphatic carboxylic acids is 1. The number of hydrogen-bond donors (Lipinski definition) is 1. The number of carbonyl (C=O) groups is 1. The number of carboxylic acid groups (broad SMARTS) is 1. The SMILES string of the molecule is CCc1ccc(CN2CCC(C(=O)O)C2)s1. The van der Waals surface area contributed by atoms with Gasteiger partial charge in [0.2, 0.25) is 0 Å². The predicted molar refractivity (Wildman–Crippen MR) is 64.7 cm³/mol. The van der Waals surface area contributed by atoms with Crippen LogP contribution in [0.2, 0.25) is 0 Å². The van der Waals surface area contributed by atoms with Gasteiger partial charge in [-0.25, -0.2) is 0 Å². The molecule has 2 heterocycles. The first-order valence-electron chi connectivity index (χ1n) is 5.71. The number of nitrogens with zero attached hydrogens (tertiary/aromatic N) is 1. The molecule has 1 unspecified atom stereocenters. The lowest BCUT2D eigenvalue weighted by Crippen LogP contribution is -2.22. The van der Waals surface area contributed by atoms with Gasteiger partial charge in [0.25, 0.3) is 0 Å². The second-order valence-corrected chi connectivity index (χ2v) is 5.53. The molecular weight excluding hydrogens is 222 g/mol. The van der Waals surface area contributed by atoms with Gasteiger partial charge in [-0.15, -0.1) is 11.3 Å². The molecule has 2 rings (SSSR count). The van der Waals surface area contributed by atoms with E-state index in [0.717, 1.165) is 25.9 Å². The molecule has 1 N–H and O–H groups in total. The van der Waals surface area contributed by atoms with Crippen molar-refractivity contribution >= 4 is 17.3 Å². The highest BCUT2D eigenvalue weighted by Gasteiger charge is 2.27. The third-order valence-electron chi connectivity index (χ3n) is 3.07. The molecule has 0 bridgehead atoms.